The summed E-state index contributed by atoms with van der Waals surface area (Å²) in [6.07, 6.45) is 9.94. The Morgan fingerprint density at radius 2 is 1.77 bits per heavy atom. The smallest absolute Gasteiger partial charge is 0.243 e. The van der Waals surface area contributed by atoms with Crippen molar-refractivity contribution < 1.29 is 24.0 Å². The number of H-pyrrole nitrogens is 1. The minimum absolute atomic E-state index is 0.122. The first-order valence-corrected chi connectivity index (χ1v) is 15.9. The van der Waals surface area contributed by atoms with Crippen LogP contribution in [-0.2, 0) is 30.5 Å². The van der Waals surface area contributed by atoms with Gasteiger partial charge in [-0.1, -0.05) is 52.9 Å². The quantitative estimate of drug-likeness (QED) is 0.222. The Morgan fingerprint density at radius 1 is 1.05 bits per heavy atom. The van der Waals surface area contributed by atoms with E-state index in [1.807, 2.05) is 0 Å². The lowest BCUT2D eigenvalue weighted by molar-refractivity contribution is -0.137. The summed E-state index contributed by atoms with van der Waals surface area (Å²) in [5.74, 6) is -2.44. The molecule has 43 heavy (non-hydrogen) atoms. The predicted molar refractivity (Wildman–Crippen MR) is 162 cm³/mol. The third-order valence-electron chi connectivity index (χ3n) is 8.77. The van der Waals surface area contributed by atoms with Gasteiger partial charge in [0.05, 0.1) is 11.9 Å². The number of aromatic nitrogens is 2. The van der Waals surface area contributed by atoms with Crippen molar-refractivity contribution in [1.29, 1.82) is 0 Å². The minimum Gasteiger partial charge on any atom is -0.354 e. The lowest BCUT2D eigenvalue weighted by atomic mass is 9.83. The highest BCUT2D eigenvalue weighted by molar-refractivity contribution is 5.97. The van der Waals surface area contributed by atoms with Gasteiger partial charge in [-0.25, -0.2) is 4.98 Å². The minimum atomic E-state index is -1.28. The maximum Gasteiger partial charge on any atom is 0.243 e. The topological polar surface area (TPSA) is 174 Å². The largest absolute Gasteiger partial charge is 0.354 e. The van der Waals surface area contributed by atoms with E-state index in [1.165, 1.54) is 6.42 Å². The lowest BCUT2D eigenvalue weighted by Crippen LogP contribution is -2.58. The summed E-state index contributed by atoms with van der Waals surface area (Å²) in [4.78, 5) is 74.0. The van der Waals surface area contributed by atoms with E-state index >= 15 is 0 Å². The van der Waals surface area contributed by atoms with Crippen molar-refractivity contribution >= 4 is 29.4 Å². The average molecular weight is 602 g/mol. The molecule has 0 unspecified atom stereocenters. The molecule has 0 bridgehead atoms. The predicted octanol–water partition coefficient (Wildman–Crippen LogP) is 1.87. The van der Waals surface area contributed by atoms with E-state index in [1.54, 1.807) is 40.2 Å². The number of amides is 4. The maximum absolute atomic E-state index is 13.8. The van der Waals surface area contributed by atoms with Crippen LogP contribution in [0.1, 0.15) is 97.6 Å². The monoisotopic (exact) mass is 601 g/mol. The molecule has 2 heterocycles. The highest BCUT2D eigenvalue weighted by Crippen LogP contribution is 2.28. The molecule has 1 aliphatic heterocycles. The molecule has 4 atom stereocenters. The molecule has 1 saturated heterocycles. The van der Waals surface area contributed by atoms with Crippen molar-refractivity contribution in [2.24, 2.45) is 17.8 Å². The van der Waals surface area contributed by atoms with Crippen molar-refractivity contribution in [1.82, 2.24) is 36.6 Å². The second-order valence-electron chi connectivity index (χ2n) is 12.7. The summed E-state index contributed by atoms with van der Waals surface area (Å²) in [7, 11) is 0. The highest BCUT2D eigenvalue weighted by atomic mass is 16.2. The van der Waals surface area contributed by atoms with E-state index in [2.05, 4.69) is 36.6 Å². The number of nitrogens with one attached hydrogen (secondary N) is 6. The fourth-order valence-electron chi connectivity index (χ4n) is 5.80. The molecule has 1 aromatic rings. The molecular formula is C31H51N7O5. The lowest BCUT2D eigenvalue weighted by Gasteiger charge is -2.33. The molecule has 12 heteroatoms. The van der Waals surface area contributed by atoms with Gasteiger partial charge in [0.1, 0.15) is 12.1 Å². The highest BCUT2D eigenvalue weighted by Gasteiger charge is 2.39. The summed E-state index contributed by atoms with van der Waals surface area (Å²) < 4.78 is 0. The molecule has 0 spiro atoms. The number of aromatic amines is 1. The molecule has 12 nitrogen and oxygen atoms in total. The van der Waals surface area contributed by atoms with Gasteiger partial charge in [-0.15, -0.1) is 0 Å². The molecule has 1 saturated carbocycles. The van der Waals surface area contributed by atoms with E-state index in [9.17, 15) is 24.0 Å². The molecule has 240 valence electrons. The van der Waals surface area contributed by atoms with Crippen LogP contribution in [0.4, 0.5) is 0 Å². The Bertz CT molecular complexity index is 1090. The van der Waals surface area contributed by atoms with Crippen LogP contribution in [0.25, 0.3) is 0 Å². The Kier molecular flexibility index (Phi) is 13.2. The van der Waals surface area contributed by atoms with Gasteiger partial charge < -0.3 is 31.6 Å². The summed E-state index contributed by atoms with van der Waals surface area (Å²) in [6.45, 7) is 8.06. The van der Waals surface area contributed by atoms with Gasteiger partial charge in [-0.2, -0.15) is 0 Å². The normalized spacial score (nSPS) is 26.8. The summed E-state index contributed by atoms with van der Waals surface area (Å²) >= 11 is 0. The van der Waals surface area contributed by atoms with Gasteiger partial charge in [0.15, 0.2) is 5.78 Å². The van der Waals surface area contributed by atoms with Crippen LogP contribution in [0.3, 0.4) is 0 Å². The third-order valence-corrected chi connectivity index (χ3v) is 8.77. The first-order chi connectivity index (χ1) is 20.5. The molecular weight excluding hydrogens is 550 g/mol. The number of carbonyl (C=O) groups excluding carboxylic acids is 5. The number of hydrogen-bond acceptors (Lipinski definition) is 7. The Morgan fingerprint density at radius 3 is 2.42 bits per heavy atom. The summed E-state index contributed by atoms with van der Waals surface area (Å²) in [5, 5.41) is 14.9. The SMILES string of the molecule is CC[C@@H]1NC(=O)[C@H](CCNCc2cnc[nH]2)CC(=O)[C@](C)(NC(=O)C(C)C)CCNC(=O)[C@@H](CC2CCCCC2)NC1=O. The van der Waals surface area contributed by atoms with Crippen LogP contribution in [0.2, 0.25) is 0 Å². The zero-order chi connectivity index (χ0) is 31.4. The Labute approximate surface area is 255 Å². The van der Waals surface area contributed by atoms with Gasteiger partial charge in [-0.05, 0) is 45.1 Å². The molecule has 2 aliphatic rings. The second kappa shape index (κ2) is 16.5. The number of nitrogens with zero attached hydrogens (tertiary/aromatic N) is 1. The van der Waals surface area contributed by atoms with Gasteiger partial charge in [0.2, 0.25) is 23.6 Å². The van der Waals surface area contributed by atoms with Gasteiger partial charge >= 0.3 is 0 Å². The van der Waals surface area contributed by atoms with Gasteiger partial charge in [-0.3, -0.25) is 24.0 Å². The first-order valence-electron chi connectivity index (χ1n) is 15.9. The van der Waals surface area contributed by atoms with Crippen molar-refractivity contribution in [3.8, 4) is 0 Å². The molecule has 6 N–H and O–H groups in total. The number of imidazole rings is 1. The van der Waals surface area contributed by atoms with E-state index in [0.29, 0.717) is 38.3 Å². The van der Waals surface area contributed by atoms with Crippen molar-refractivity contribution in [3.63, 3.8) is 0 Å². The maximum atomic E-state index is 13.8. The standard InChI is InChI=1S/C31H51N7O5/c1-5-24-30(43)37-25(15-21-9-7-6-8-10-21)29(42)34-14-12-31(4,38-27(40)20(2)3)26(39)16-22(28(41)36-24)11-13-32-17-23-18-33-19-35-23/h18-22,24-25,32H,5-17H2,1-4H3,(H,33,35)(H,34,42)(H,36,41)(H,37,43)(H,38,40)/t22-,24+,25-,31-/m1/s1. The Hall–Kier alpha value is -3.28. The van der Waals surface area contributed by atoms with Crippen molar-refractivity contribution in [3.05, 3.63) is 18.2 Å². The fourth-order valence-corrected chi connectivity index (χ4v) is 5.80. The van der Waals surface area contributed by atoms with Crippen molar-refractivity contribution in [2.75, 3.05) is 13.1 Å². The summed E-state index contributed by atoms with van der Waals surface area (Å²) in [5.41, 5.74) is -0.393. The molecule has 4 amide bonds. The molecule has 0 radical (unpaired) electrons. The van der Waals surface area contributed by atoms with Gasteiger partial charge in [0.25, 0.3) is 0 Å². The molecule has 2 fully saturated rings. The number of hydrogen-bond donors (Lipinski definition) is 6. The third kappa shape index (κ3) is 10.4. The van der Waals surface area contributed by atoms with Crippen LogP contribution in [-0.4, -0.2) is 70.1 Å². The van der Waals surface area contributed by atoms with E-state index in [-0.39, 0.29) is 42.9 Å². The average Bonchev–Trinajstić information content (AvgIpc) is 3.50. The molecule has 1 aromatic heterocycles. The fraction of sp³-hybridized carbons (Fsp3) is 0.742. The number of ketones is 1. The molecule has 1 aliphatic carbocycles. The van der Waals surface area contributed by atoms with Crippen LogP contribution < -0.4 is 26.6 Å². The zero-order valence-corrected chi connectivity index (χ0v) is 26.2. The first kappa shape index (κ1) is 34.2. The van der Waals surface area contributed by atoms with Crippen molar-refractivity contribution in [2.45, 2.75) is 116 Å². The number of rotatable bonds is 10. The van der Waals surface area contributed by atoms with Crippen LogP contribution in [0, 0.1) is 17.8 Å². The number of Topliss-reactive ketones (excluding diaryl/α,β-unsaturated/α-hetero) is 1. The number of carbonyl (C=O) groups is 5. The van der Waals surface area contributed by atoms with E-state index in [4.69, 9.17) is 0 Å². The van der Waals surface area contributed by atoms with Gasteiger partial charge in [0, 0.05) is 43.2 Å². The second-order valence-corrected chi connectivity index (χ2v) is 12.7. The summed E-state index contributed by atoms with van der Waals surface area (Å²) in [6, 6.07) is -1.60. The Balaban J connectivity index is 1.84. The van der Waals surface area contributed by atoms with Crippen LogP contribution in [0.15, 0.2) is 12.5 Å². The van der Waals surface area contributed by atoms with Crippen LogP contribution >= 0.6 is 0 Å². The van der Waals surface area contributed by atoms with Crippen LogP contribution in [0.5, 0.6) is 0 Å². The zero-order valence-electron chi connectivity index (χ0n) is 26.2. The van der Waals surface area contributed by atoms with E-state index < -0.39 is 35.4 Å². The molecule has 3 rings (SSSR count). The van der Waals surface area contributed by atoms with E-state index in [0.717, 1.165) is 31.4 Å². The molecule has 0 aromatic carbocycles.